The summed E-state index contributed by atoms with van der Waals surface area (Å²) in [5.74, 6) is -0.584. The molecule has 0 saturated heterocycles. The lowest BCUT2D eigenvalue weighted by Crippen LogP contribution is -2.21. The number of benzene rings is 3. The lowest BCUT2D eigenvalue weighted by molar-refractivity contribution is -0.139. The molecule has 0 saturated carbocycles. The van der Waals surface area contributed by atoms with Crippen molar-refractivity contribution in [1.82, 2.24) is 4.57 Å². The molecule has 0 fully saturated rings. The van der Waals surface area contributed by atoms with Crippen LogP contribution in [0.25, 0.3) is 21.8 Å². The SMILES string of the molecule is O=C(O)COc1ccc(NCC(F)Cn2c3ccc(Br)cc3c3cc(Br)ccc32)cc1. The van der Waals surface area contributed by atoms with Gasteiger partial charge in [-0.1, -0.05) is 31.9 Å². The molecular weight excluding hydrogens is 531 g/mol. The predicted molar refractivity (Wildman–Crippen MR) is 128 cm³/mol. The van der Waals surface area contributed by atoms with E-state index in [1.165, 1.54) is 0 Å². The molecule has 160 valence electrons. The second-order valence-electron chi connectivity index (χ2n) is 7.12. The minimum absolute atomic E-state index is 0.142. The number of aromatic nitrogens is 1. The number of carbonyl (C=O) groups is 1. The zero-order valence-corrected chi connectivity index (χ0v) is 19.5. The molecule has 0 aliphatic carbocycles. The van der Waals surface area contributed by atoms with Gasteiger partial charge in [-0.3, -0.25) is 0 Å². The number of nitrogens with one attached hydrogen (secondary N) is 1. The number of anilines is 1. The molecule has 0 radical (unpaired) electrons. The average molecular weight is 550 g/mol. The Balaban J connectivity index is 1.48. The van der Waals surface area contributed by atoms with E-state index in [0.717, 1.165) is 36.4 Å². The summed E-state index contributed by atoms with van der Waals surface area (Å²) in [5, 5.41) is 13.9. The van der Waals surface area contributed by atoms with Gasteiger partial charge in [0.2, 0.25) is 0 Å². The molecule has 1 heterocycles. The maximum atomic E-state index is 15.0. The van der Waals surface area contributed by atoms with Gasteiger partial charge in [-0.25, -0.2) is 9.18 Å². The Morgan fingerprint density at radius 3 is 2.13 bits per heavy atom. The van der Waals surface area contributed by atoms with E-state index in [9.17, 15) is 9.18 Å². The van der Waals surface area contributed by atoms with Crippen molar-refractivity contribution in [3.05, 3.63) is 69.6 Å². The molecule has 0 bridgehead atoms. The van der Waals surface area contributed by atoms with E-state index in [1.54, 1.807) is 24.3 Å². The molecule has 0 aliphatic rings. The Kier molecular flexibility index (Phi) is 6.48. The fourth-order valence-electron chi connectivity index (χ4n) is 3.55. The van der Waals surface area contributed by atoms with Gasteiger partial charge < -0.3 is 19.7 Å². The van der Waals surface area contributed by atoms with Crippen molar-refractivity contribution in [1.29, 1.82) is 0 Å². The van der Waals surface area contributed by atoms with E-state index in [-0.39, 0.29) is 13.1 Å². The normalized spacial score (nSPS) is 12.2. The summed E-state index contributed by atoms with van der Waals surface area (Å²) < 4.78 is 24.0. The summed E-state index contributed by atoms with van der Waals surface area (Å²) in [6, 6.07) is 18.8. The molecule has 1 unspecified atom stereocenters. The second-order valence-corrected chi connectivity index (χ2v) is 8.95. The predicted octanol–water partition coefficient (Wildman–Crippen LogP) is 6.23. The molecule has 0 aliphatic heterocycles. The van der Waals surface area contributed by atoms with Gasteiger partial charge in [-0.05, 0) is 60.7 Å². The van der Waals surface area contributed by atoms with Crippen LogP contribution in [0, 0.1) is 0 Å². The zero-order chi connectivity index (χ0) is 22.0. The Labute approximate surface area is 195 Å². The minimum atomic E-state index is -1.12. The van der Waals surface area contributed by atoms with Crippen molar-refractivity contribution in [2.24, 2.45) is 0 Å². The van der Waals surface area contributed by atoms with E-state index in [4.69, 9.17) is 9.84 Å². The molecule has 8 heteroatoms. The lowest BCUT2D eigenvalue weighted by Gasteiger charge is -2.14. The van der Waals surface area contributed by atoms with Crippen molar-refractivity contribution < 1.29 is 19.0 Å². The van der Waals surface area contributed by atoms with Crippen molar-refractivity contribution in [3.8, 4) is 5.75 Å². The van der Waals surface area contributed by atoms with Crippen molar-refractivity contribution in [2.45, 2.75) is 12.7 Å². The topological polar surface area (TPSA) is 63.5 Å². The molecular formula is C23H19Br2FN2O3. The van der Waals surface area contributed by atoms with Crippen LogP contribution in [0.4, 0.5) is 10.1 Å². The van der Waals surface area contributed by atoms with Gasteiger partial charge in [0.1, 0.15) is 11.9 Å². The summed E-state index contributed by atoms with van der Waals surface area (Å²) in [6.07, 6.45) is -1.12. The van der Waals surface area contributed by atoms with Crippen LogP contribution in [0.5, 0.6) is 5.75 Å². The zero-order valence-electron chi connectivity index (χ0n) is 16.3. The Morgan fingerprint density at radius 2 is 1.58 bits per heavy atom. The standard InChI is InChI=1S/C23H19Br2FN2O3/c24-14-1-7-21-19(9-14)20-10-15(25)2-8-22(20)28(21)12-16(26)11-27-17-3-5-18(6-4-17)31-13-23(29)30/h1-10,16,27H,11-13H2,(H,29,30). The summed E-state index contributed by atoms with van der Waals surface area (Å²) in [7, 11) is 0. The smallest absolute Gasteiger partial charge is 0.341 e. The van der Waals surface area contributed by atoms with Crippen molar-refractivity contribution in [2.75, 3.05) is 18.5 Å². The number of fused-ring (bicyclic) bond motifs is 3. The quantitative estimate of drug-likeness (QED) is 0.273. The first-order valence-corrected chi connectivity index (χ1v) is 11.2. The van der Waals surface area contributed by atoms with E-state index in [0.29, 0.717) is 5.75 Å². The average Bonchev–Trinajstić information content (AvgIpc) is 3.03. The minimum Gasteiger partial charge on any atom is -0.482 e. The third-order valence-corrected chi connectivity index (χ3v) is 5.90. The van der Waals surface area contributed by atoms with Gasteiger partial charge in [-0.15, -0.1) is 0 Å². The summed E-state index contributed by atoms with van der Waals surface area (Å²) in [5.41, 5.74) is 2.71. The molecule has 0 spiro atoms. The number of carboxylic acid groups (broad SMARTS) is 1. The van der Waals surface area contributed by atoms with Crippen LogP contribution in [0.1, 0.15) is 0 Å². The third kappa shape index (κ3) is 5.02. The van der Waals surface area contributed by atoms with Gasteiger partial charge >= 0.3 is 5.97 Å². The van der Waals surface area contributed by atoms with Gasteiger partial charge in [0.05, 0.1) is 6.54 Å². The van der Waals surface area contributed by atoms with Crippen LogP contribution in [0.15, 0.2) is 69.6 Å². The number of hydrogen-bond donors (Lipinski definition) is 2. The number of hydrogen-bond acceptors (Lipinski definition) is 3. The molecule has 31 heavy (non-hydrogen) atoms. The van der Waals surface area contributed by atoms with Crippen LogP contribution in [-0.2, 0) is 11.3 Å². The van der Waals surface area contributed by atoms with Crippen LogP contribution >= 0.6 is 31.9 Å². The van der Waals surface area contributed by atoms with Gasteiger partial charge in [0.15, 0.2) is 6.61 Å². The molecule has 3 aromatic carbocycles. The monoisotopic (exact) mass is 548 g/mol. The highest BCUT2D eigenvalue weighted by molar-refractivity contribution is 9.10. The summed E-state index contributed by atoms with van der Waals surface area (Å²) in [6.45, 7) is -0.0368. The number of carboxylic acids is 1. The van der Waals surface area contributed by atoms with Crippen molar-refractivity contribution in [3.63, 3.8) is 0 Å². The maximum absolute atomic E-state index is 15.0. The summed E-state index contributed by atoms with van der Waals surface area (Å²) in [4.78, 5) is 10.6. The van der Waals surface area contributed by atoms with E-state index < -0.39 is 18.7 Å². The number of ether oxygens (including phenoxy) is 1. The highest BCUT2D eigenvalue weighted by Crippen LogP contribution is 2.33. The third-order valence-electron chi connectivity index (χ3n) is 4.91. The number of halogens is 3. The first-order chi connectivity index (χ1) is 14.9. The number of rotatable bonds is 8. The van der Waals surface area contributed by atoms with Crippen LogP contribution in [0.3, 0.4) is 0 Å². The Bertz CT molecular complexity index is 1180. The molecule has 2 N–H and O–H groups in total. The van der Waals surface area contributed by atoms with Gasteiger partial charge in [0, 0.05) is 43.0 Å². The lowest BCUT2D eigenvalue weighted by atomic mass is 10.2. The molecule has 0 amide bonds. The Morgan fingerprint density at radius 1 is 1.00 bits per heavy atom. The van der Waals surface area contributed by atoms with Crippen LogP contribution in [0.2, 0.25) is 0 Å². The first kappa shape index (κ1) is 21.6. The maximum Gasteiger partial charge on any atom is 0.341 e. The number of nitrogens with zero attached hydrogens (tertiary/aromatic N) is 1. The Hall–Kier alpha value is -2.58. The molecule has 1 atom stereocenters. The highest BCUT2D eigenvalue weighted by atomic mass is 79.9. The molecule has 4 rings (SSSR count). The van der Waals surface area contributed by atoms with E-state index in [1.807, 2.05) is 28.8 Å². The molecule has 1 aromatic heterocycles. The molecule has 4 aromatic rings. The molecule has 5 nitrogen and oxygen atoms in total. The first-order valence-electron chi connectivity index (χ1n) is 9.60. The fraction of sp³-hybridized carbons (Fsp3) is 0.174. The summed E-state index contributed by atoms with van der Waals surface area (Å²) >= 11 is 7.05. The van der Waals surface area contributed by atoms with Crippen LogP contribution < -0.4 is 10.1 Å². The number of alkyl halides is 1. The second kappa shape index (κ2) is 9.28. The van der Waals surface area contributed by atoms with E-state index >= 15 is 0 Å². The van der Waals surface area contributed by atoms with Gasteiger partial charge in [0.25, 0.3) is 0 Å². The highest BCUT2D eigenvalue weighted by Gasteiger charge is 2.15. The largest absolute Gasteiger partial charge is 0.482 e. The number of aliphatic carboxylic acids is 1. The van der Waals surface area contributed by atoms with E-state index in [2.05, 4.69) is 49.3 Å². The van der Waals surface area contributed by atoms with Crippen molar-refractivity contribution >= 4 is 65.3 Å². The van der Waals surface area contributed by atoms with Crippen LogP contribution in [-0.4, -0.2) is 35.0 Å². The fourth-order valence-corrected chi connectivity index (χ4v) is 4.27. The van der Waals surface area contributed by atoms with Gasteiger partial charge in [-0.2, -0.15) is 0 Å².